The van der Waals surface area contributed by atoms with Gasteiger partial charge in [0.1, 0.15) is 12.4 Å². The Balaban J connectivity index is 1.76. The van der Waals surface area contributed by atoms with Gasteiger partial charge in [-0.25, -0.2) is 4.98 Å². The van der Waals surface area contributed by atoms with Gasteiger partial charge in [-0.3, -0.25) is 4.99 Å². The summed E-state index contributed by atoms with van der Waals surface area (Å²) < 4.78 is 43.3. The summed E-state index contributed by atoms with van der Waals surface area (Å²) in [6, 6.07) is 7.80. The van der Waals surface area contributed by atoms with E-state index < -0.39 is 11.9 Å². The number of nitrogens with zero attached hydrogens (tertiary/aromatic N) is 2. The molecular formula is C18H23F3N4OS. The van der Waals surface area contributed by atoms with E-state index in [9.17, 15) is 13.2 Å². The summed E-state index contributed by atoms with van der Waals surface area (Å²) >= 11 is 1.00. The molecule has 0 aliphatic heterocycles. The third kappa shape index (κ3) is 7.46. The molecule has 0 radical (unpaired) electrons. The number of aromatic nitrogens is 1. The van der Waals surface area contributed by atoms with Crippen LogP contribution in [0.4, 0.5) is 13.2 Å². The number of nitrogens with one attached hydrogen (secondary N) is 2. The van der Waals surface area contributed by atoms with Crippen LogP contribution in [0.1, 0.15) is 23.2 Å². The molecule has 0 saturated carbocycles. The molecule has 1 aromatic carbocycles. The Morgan fingerprint density at radius 2 is 1.96 bits per heavy atom. The normalized spacial score (nSPS) is 12.1. The fraction of sp³-hybridized carbons (Fsp3) is 0.444. The van der Waals surface area contributed by atoms with Gasteiger partial charge in [0.25, 0.3) is 0 Å². The van der Waals surface area contributed by atoms with Gasteiger partial charge in [-0.2, -0.15) is 13.2 Å². The summed E-state index contributed by atoms with van der Waals surface area (Å²) in [5.41, 5.74) is 0.328. The number of benzene rings is 1. The molecule has 0 unspecified atom stereocenters. The monoisotopic (exact) mass is 400 g/mol. The minimum atomic E-state index is -4.40. The van der Waals surface area contributed by atoms with Gasteiger partial charge in [0.2, 0.25) is 0 Å². The van der Waals surface area contributed by atoms with Crippen molar-refractivity contribution >= 4 is 17.3 Å². The van der Waals surface area contributed by atoms with E-state index in [0.717, 1.165) is 22.5 Å². The Morgan fingerprint density at radius 1 is 1.22 bits per heavy atom. The van der Waals surface area contributed by atoms with Crippen molar-refractivity contribution in [1.29, 1.82) is 0 Å². The smallest absolute Gasteiger partial charge is 0.434 e. The molecule has 1 aromatic heterocycles. The maximum atomic E-state index is 12.6. The molecule has 2 rings (SSSR count). The third-order valence-electron chi connectivity index (χ3n) is 3.47. The topological polar surface area (TPSA) is 58.5 Å². The minimum absolute atomic E-state index is 0.346. The van der Waals surface area contributed by atoms with Gasteiger partial charge in [-0.1, -0.05) is 17.7 Å². The van der Waals surface area contributed by atoms with Crippen LogP contribution >= 0.6 is 11.3 Å². The molecule has 0 aliphatic carbocycles. The van der Waals surface area contributed by atoms with Crippen LogP contribution in [0.5, 0.6) is 5.75 Å². The average molecular weight is 400 g/mol. The maximum Gasteiger partial charge on any atom is 0.434 e. The molecule has 148 valence electrons. The quantitative estimate of drug-likeness (QED) is 0.404. The second-order valence-corrected chi connectivity index (χ2v) is 6.67. The number of hydrogen-bond donors (Lipinski definition) is 2. The van der Waals surface area contributed by atoms with Crippen molar-refractivity contribution in [2.24, 2.45) is 4.99 Å². The maximum absolute atomic E-state index is 12.6. The SMILES string of the molecule is CCNC(=NCCc1nc(C(F)(F)F)cs1)NCCOc1ccc(C)cc1. The lowest BCUT2D eigenvalue weighted by Gasteiger charge is -2.12. The van der Waals surface area contributed by atoms with Gasteiger partial charge in [0.15, 0.2) is 11.7 Å². The predicted molar refractivity (Wildman–Crippen MR) is 101 cm³/mol. The first kappa shape index (κ1) is 21.0. The van der Waals surface area contributed by atoms with E-state index in [4.69, 9.17) is 4.74 Å². The standard InChI is InChI=1S/C18H23F3N4OS/c1-3-22-17(24-10-11-26-14-6-4-13(2)5-7-14)23-9-8-16-25-15(12-27-16)18(19,20)21/h4-7,12H,3,8-11H2,1-2H3,(H2,22,23,24). The second kappa shape index (κ2) is 10.1. The summed E-state index contributed by atoms with van der Waals surface area (Å²) in [4.78, 5) is 7.96. The lowest BCUT2D eigenvalue weighted by Crippen LogP contribution is -2.39. The van der Waals surface area contributed by atoms with Crippen molar-refractivity contribution in [1.82, 2.24) is 15.6 Å². The van der Waals surface area contributed by atoms with Crippen LogP contribution in [-0.4, -0.2) is 37.2 Å². The highest BCUT2D eigenvalue weighted by Crippen LogP contribution is 2.30. The van der Waals surface area contributed by atoms with Crippen LogP contribution in [0.2, 0.25) is 0 Å². The first-order chi connectivity index (χ1) is 12.9. The Morgan fingerprint density at radius 3 is 2.59 bits per heavy atom. The Kier molecular flexibility index (Phi) is 7.90. The molecule has 0 bridgehead atoms. The van der Waals surface area contributed by atoms with E-state index in [2.05, 4.69) is 20.6 Å². The summed E-state index contributed by atoms with van der Waals surface area (Å²) in [5.74, 6) is 1.39. The number of guanidine groups is 1. The van der Waals surface area contributed by atoms with Crippen LogP contribution in [0.3, 0.4) is 0 Å². The van der Waals surface area contributed by atoms with E-state index in [1.54, 1.807) is 0 Å². The zero-order valence-electron chi connectivity index (χ0n) is 15.3. The molecular weight excluding hydrogens is 377 g/mol. The van der Waals surface area contributed by atoms with Gasteiger partial charge in [-0.15, -0.1) is 11.3 Å². The fourth-order valence-electron chi connectivity index (χ4n) is 2.13. The van der Waals surface area contributed by atoms with Gasteiger partial charge in [-0.05, 0) is 26.0 Å². The Bertz CT molecular complexity index is 729. The van der Waals surface area contributed by atoms with Crippen molar-refractivity contribution in [3.63, 3.8) is 0 Å². The summed E-state index contributed by atoms with van der Waals surface area (Å²) in [6.07, 6.45) is -4.04. The molecule has 2 N–H and O–H groups in total. The van der Waals surface area contributed by atoms with Crippen molar-refractivity contribution in [2.75, 3.05) is 26.2 Å². The number of ether oxygens (including phenoxy) is 1. The number of hydrogen-bond acceptors (Lipinski definition) is 4. The largest absolute Gasteiger partial charge is 0.492 e. The highest BCUT2D eigenvalue weighted by molar-refractivity contribution is 7.09. The number of alkyl halides is 3. The molecule has 27 heavy (non-hydrogen) atoms. The Labute approximate surface area is 160 Å². The summed E-state index contributed by atoms with van der Waals surface area (Å²) in [7, 11) is 0. The lowest BCUT2D eigenvalue weighted by atomic mass is 10.2. The molecule has 9 heteroatoms. The summed E-state index contributed by atoms with van der Waals surface area (Å²) in [6.45, 7) is 6.00. The molecule has 0 amide bonds. The lowest BCUT2D eigenvalue weighted by molar-refractivity contribution is -0.140. The molecule has 2 aromatic rings. The molecule has 0 spiro atoms. The van der Waals surface area contributed by atoms with Crippen molar-refractivity contribution < 1.29 is 17.9 Å². The number of rotatable bonds is 8. The average Bonchev–Trinajstić information content (AvgIpc) is 3.09. The third-order valence-corrected chi connectivity index (χ3v) is 4.37. The predicted octanol–water partition coefficient (Wildman–Crippen LogP) is 3.65. The zero-order valence-corrected chi connectivity index (χ0v) is 16.1. The van der Waals surface area contributed by atoms with E-state index in [1.807, 2.05) is 38.1 Å². The van der Waals surface area contributed by atoms with Crippen molar-refractivity contribution in [2.45, 2.75) is 26.4 Å². The second-order valence-electron chi connectivity index (χ2n) is 5.72. The minimum Gasteiger partial charge on any atom is -0.492 e. The van der Waals surface area contributed by atoms with E-state index in [0.29, 0.717) is 43.6 Å². The van der Waals surface area contributed by atoms with Crippen molar-refractivity contribution in [3.05, 3.63) is 45.9 Å². The van der Waals surface area contributed by atoms with Crippen LogP contribution in [0.15, 0.2) is 34.6 Å². The van der Waals surface area contributed by atoms with Crippen LogP contribution in [-0.2, 0) is 12.6 Å². The van der Waals surface area contributed by atoms with Crippen LogP contribution in [0.25, 0.3) is 0 Å². The number of aliphatic imine (C=N–C) groups is 1. The van der Waals surface area contributed by atoms with Crippen LogP contribution < -0.4 is 15.4 Å². The number of thiazole rings is 1. The van der Waals surface area contributed by atoms with E-state index >= 15 is 0 Å². The highest BCUT2D eigenvalue weighted by atomic mass is 32.1. The molecule has 0 atom stereocenters. The fourth-order valence-corrected chi connectivity index (χ4v) is 2.93. The van der Waals surface area contributed by atoms with E-state index in [-0.39, 0.29) is 0 Å². The van der Waals surface area contributed by atoms with Gasteiger partial charge < -0.3 is 15.4 Å². The molecule has 0 fully saturated rings. The highest BCUT2D eigenvalue weighted by Gasteiger charge is 2.33. The molecule has 0 aliphatic rings. The number of aryl methyl sites for hydroxylation is 1. The Hall–Kier alpha value is -2.29. The molecule has 1 heterocycles. The van der Waals surface area contributed by atoms with Gasteiger partial charge >= 0.3 is 6.18 Å². The van der Waals surface area contributed by atoms with Gasteiger partial charge in [0.05, 0.1) is 11.6 Å². The first-order valence-electron chi connectivity index (χ1n) is 8.61. The molecule has 5 nitrogen and oxygen atoms in total. The van der Waals surface area contributed by atoms with E-state index in [1.165, 1.54) is 5.56 Å². The van der Waals surface area contributed by atoms with Gasteiger partial charge in [0, 0.05) is 24.9 Å². The number of halogens is 3. The van der Waals surface area contributed by atoms with Crippen LogP contribution in [0, 0.1) is 6.92 Å². The summed E-state index contributed by atoms with van der Waals surface area (Å²) in [5, 5.41) is 7.68. The van der Waals surface area contributed by atoms with Crippen molar-refractivity contribution in [3.8, 4) is 5.75 Å². The molecule has 0 saturated heterocycles. The zero-order chi connectivity index (χ0) is 19.7. The first-order valence-corrected chi connectivity index (χ1v) is 9.49.